The molecule has 1 aromatic carbocycles. The van der Waals surface area contributed by atoms with Crippen molar-refractivity contribution in [2.45, 2.75) is 70.3 Å². The number of benzene rings is 1. The zero-order valence-electron chi connectivity index (χ0n) is 16.7. The molecule has 1 heterocycles. The van der Waals surface area contributed by atoms with Crippen LogP contribution < -0.4 is 10.1 Å². The van der Waals surface area contributed by atoms with Gasteiger partial charge in [0.1, 0.15) is 5.75 Å². The fraction of sp³-hybridized carbons (Fsp3) is 0.682. The lowest BCUT2D eigenvalue weighted by atomic mass is 10.0. The number of methoxy groups -OCH3 is 1. The molecule has 27 heavy (non-hydrogen) atoms. The molecule has 5 nitrogen and oxygen atoms in total. The van der Waals surface area contributed by atoms with Crippen LogP contribution in [-0.2, 0) is 14.3 Å². The Morgan fingerprint density at radius 1 is 1.04 bits per heavy atom. The van der Waals surface area contributed by atoms with E-state index in [2.05, 4.69) is 5.32 Å². The molecule has 0 unspecified atom stereocenters. The maximum Gasteiger partial charge on any atom is 0.224 e. The predicted octanol–water partition coefficient (Wildman–Crippen LogP) is 4.95. The second-order valence-electron chi connectivity index (χ2n) is 7.18. The van der Waals surface area contributed by atoms with Gasteiger partial charge in [-0.25, -0.2) is 0 Å². The van der Waals surface area contributed by atoms with Crippen molar-refractivity contribution in [1.82, 2.24) is 0 Å². The van der Waals surface area contributed by atoms with Crippen LogP contribution in [-0.4, -0.2) is 38.9 Å². The highest BCUT2D eigenvalue weighted by molar-refractivity contribution is 5.92. The summed E-state index contributed by atoms with van der Waals surface area (Å²) in [5.41, 5.74) is 0.746. The van der Waals surface area contributed by atoms with Crippen LogP contribution >= 0.6 is 0 Å². The molecule has 1 atom stereocenters. The summed E-state index contributed by atoms with van der Waals surface area (Å²) in [5, 5.41) is 2.93. The predicted molar refractivity (Wildman–Crippen MR) is 108 cm³/mol. The molecule has 0 bridgehead atoms. The fourth-order valence-corrected chi connectivity index (χ4v) is 3.38. The van der Waals surface area contributed by atoms with Crippen LogP contribution in [0.15, 0.2) is 24.3 Å². The van der Waals surface area contributed by atoms with Crippen molar-refractivity contribution in [2.75, 3.05) is 32.2 Å². The van der Waals surface area contributed by atoms with Crippen LogP contribution in [0.25, 0.3) is 0 Å². The van der Waals surface area contributed by atoms with Gasteiger partial charge < -0.3 is 19.5 Å². The van der Waals surface area contributed by atoms with Crippen molar-refractivity contribution in [1.29, 1.82) is 0 Å². The summed E-state index contributed by atoms with van der Waals surface area (Å²) in [7, 11) is 1.61. The third-order valence-electron chi connectivity index (χ3n) is 4.95. The van der Waals surface area contributed by atoms with Gasteiger partial charge in [0.25, 0.3) is 0 Å². The molecule has 5 heteroatoms. The summed E-state index contributed by atoms with van der Waals surface area (Å²) in [6.45, 7) is 2.27. The molecule has 0 aromatic heterocycles. The van der Waals surface area contributed by atoms with Crippen LogP contribution in [0.3, 0.4) is 0 Å². The Labute approximate surface area is 163 Å². The smallest absolute Gasteiger partial charge is 0.224 e. The molecule has 0 saturated carbocycles. The standard InChI is InChI=1S/C22H35NO4/c1-25-21-14-11-10-13-20(21)23-22(24)15-9-7-5-3-2-4-6-8-12-19-18-26-16-17-27-19/h10-11,13-14,19H,2-9,12,15-18H2,1H3,(H,23,24)/t19-/m0/s1. The van der Waals surface area contributed by atoms with Gasteiger partial charge >= 0.3 is 0 Å². The number of hydrogen-bond acceptors (Lipinski definition) is 4. The van der Waals surface area contributed by atoms with Crippen molar-refractivity contribution >= 4 is 11.6 Å². The minimum Gasteiger partial charge on any atom is -0.495 e. The largest absolute Gasteiger partial charge is 0.495 e. The molecule has 1 aromatic rings. The Morgan fingerprint density at radius 3 is 2.44 bits per heavy atom. The lowest BCUT2D eigenvalue weighted by molar-refractivity contribution is -0.116. The molecule has 1 aliphatic heterocycles. The van der Waals surface area contributed by atoms with E-state index in [1.54, 1.807) is 7.11 Å². The van der Waals surface area contributed by atoms with E-state index in [9.17, 15) is 4.79 Å². The van der Waals surface area contributed by atoms with E-state index in [1.807, 2.05) is 24.3 Å². The number of unbranched alkanes of at least 4 members (excludes halogenated alkanes) is 7. The summed E-state index contributed by atoms with van der Waals surface area (Å²) in [6.07, 6.45) is 11.6. The highest BCUT2D eigenvalue weighted by Gasteiger charge is 2.13. The summed E-state index contributed by atoms with van der Waals surface area (Å²) in [5.74, 6) is 0.766. The van der Waals surface area contributed by atoms with E-state index in [-0.39, 0.29) is 5.91 Å². The maximum atomic E-state index is 12.0. The van der Waals surface area contributed by atoms with Crippen molar-refractivity contribution < 1.29 is 19.0 Å². The van der Waals surface area contributed by atoms with Crippen molar-refractivity contribution in [3.05, 3.63) is 24.3 Å². The average Bonchev–Trinajstić information content (AvgIpc) is 2.70. The van der Waals surface area contributed by atoms with Crippen LogP contribution in [0, 0.1) is 0 Å². The Balaban J connectivity index is 1.40. The first-order chi connectivity index (χ1) is 13.3. The van der Waals surface area contributed by atoms with Gasteiger partial charge in [-0.15, -0.1) is 0 Å². The van der Waals surface area contributed by atoms with Gasteiger partial charge in [-0.05, 0) is 25.0 Å². The van der Waals surface area contributed by atoms with E-state index in [1.165, 1.54) is 38.5 Å². The molecule has 1 aliphatic rings. The number of carbonyl (C=O) groups excluding carboxylic acids is 1. The quantitative estimate of drug-likeness (QED) is 0.494. The van der Waals surface area contributed by atoms with E-state index < -0.39 is 0 Å². The number of rotatable bonds is 13. The van der Waals surface area contributed by atoms with Crippen LogP contribution in [0.1, 0.15) is 64.2 Å². The number of ether oxygens (including phenoxy) is 3. The molecule has 2 rings (SSSR count). The van der Waals surface area contributed by atoms with E-state index >= 15 is 0 Å². The monoisotopic (exact) mass is 377 g/mol. The zero-order chi connectivity index (χ0) is 19.2. The van der Waals surface area contributed by atoms with Crippen LogP contribution in [0.5, 0.6) is 5.75 Å². The molecule has 0 radical (unpaired) electrons. The SMILES string of the molecule is COc1ccccc1NC(=O)CCCCCCCCCC[C@H]1COCCO1. The van der Waals surface area contributed by atoms with E-state index in [0.29, 0.717) is 18.3 Å². The summed E-state index contributed by atoms with van der Waals surface area (Å²) >= 11 is 0. The highest BCUT2D eigenvalue weighted by atomic mass is 16.6. The number of carbonyl (C=O) groups is 1. The summed E-state index contributed by atoms with van der Waals surface area (Å²) < 4.78 is 16.3. The summed E-state index contributed by atoms with van der Waals surface area (Å²) in [6, 6.07) is 7.51. The molecule has 1 fully saturated rings. The third kappa shape index (κ3) is 9.25. The minimum atomic E-state index is 0.0633. The van der Waals surface area contributed by atoms with Crippen molar-refractivity contribution in [2.24, 2.45) is 0 Å². The molecular formula is C22H35NO4. The van der Waals surface area contributed by atoms with E-state index in [0.717, 1.165) is 44.8 Å². The Morgan fingerprint density at radius 2 is 1.74 bits per heavy atom. The second-order valence-corrected chi connectivity index (χ2v) is 7.18. The Kier molecular flexibility index (Phi) is 10.9. The number of hydrogen-bond donors (Lipinski definition) is 1. The van der Waals surface area contributed by atoms with Gasteiger partial charge in [0.15, 0.2) is 0 Å². The molecule has 1 saturated heterocycles. The second kappa shape index (κ2) is 13.6. The topological polar surface area (TPSA) is 56.8 Å². The maximum absolute atomic E-state index is 12.0. The molecule has 1 amide bonds. The number of anilines is 1. The van der Waals surface area contributed by atoms with Gasteiger partial charge in [-0.1, -0.05) is 57.1 Å². The lowest BCUT2D eigenvalue weighted by Gasteiger charge is -2.22. The van der Waals surface area contributed by atoms with Gasteiger partial charge in [0, 0.05) is 6.42 Å². The molecular weight excluding hydrogens is 342 g/mol. The van der Waals surface area contributed by atoms with E-state index in [4.69, 9.17) is 14.2 Å². The molecule has 1 N–H and O–H groups in total. The first kappa shape index (κ1) is 21.7. The molecule has 0 spiro atoms. The molecule has 152 valence electrons. The normalized spacial score (nSPS) is 16.9. The Bertz CT molecular complexity index is 529. The zero-order valence-corrected chi connectivity index (χ0v) is 16.7. The lowest BCUT2D eigenvalue weighted by Crippen LogP contribution is -2.28. The number of nitrogens with one attached hydrogen (secondary N) is 1. The molecule has 0 aliphatic carbocycles. The van der Waals surface area contributed by atoms with Gasteiger partial charge in [0.2, 0.25) is 5.91 Å². The number of para-hydroxylation sites is 2. The van der Waals surface area contributed by atoms with Gasteiger partial charge in [0.05, 0.1) is 38.7 Å². The average molecular weight is 378 g/mol. The van der Waals surface area contributed by atoms with Crippen molar-refractivity contribution in [3.63, 3.8) is 0 Å². The van der Waals surface area contributed by atoms with Gasteiger partial charge in [-0.3, -0.25) is 4.79 Å². The van der Waals surface area contributed by atoms with Crippen LogP contribution in [0.2, 0.25) is 0 Å². The fourth-order valence-electron chi connectivity index (χ4n) is 3.38. The highest BCUT2D eigenvalue weighted by Crippen LogP contribution is 2.23. The van der Waals surface area contributed by atoms with Crippen molar-refractivity contribution in [3.8, 4) is 5.75 Å². The number of amides is 1. The summed E-state index contributed by atoms with van der Waals surface area (Å²) in [4.78, 5) is 12.0. The first-order valence-corrected chi connectivity index (χ1v) is 10.4. The Hall–Kier alpha value is -1.59. The first-order valence-electron chi connectivity index (χ1n) is 10.4. The van der Waals surface area contributed by atoms with Crippen LogP contribution in [0.4, 0.5) is 5.69 Å². The van der Waals surface area contributed by atoms with Gasteiger partial charge in [-0.2, -0.15) is 0 Å². The minimum absolute atomic E-state index is 0.0633. The third-order valence-corrected chi connectivity index (χ3v) is 4.95.